The van der Waals surface area contributed by atoms with Crippen molar-refractivity contribution < 1.29 is 14.4 Å². The molecule has 1 saturated carbocycles. The molecule has 4 aromatic carbocycles. The molecule has 1 unspecified atom stereocenters. The largest absolute Gasteiger partial charge is 0.352 e. The van der Waals surface area contributed by atoms with Gasteiger partial charge in [-0.25, -0.2) is 0 Å². The normalized spacial score (nSPS) is 15.3. The Morgan fingerprint density at radius 3 is 2.37 bits per heavy atom. The first-order valence-electron chi connectivity index (χ1n) is 14.5. The third-order valence-electron chi connectivity index (χ3n) is 8.52. The fourth-order valence-corrected chi connectivity index (χ4v) is 6.25. The molecule has 1 fully saturated rings. The van der Waals surface area contributed by atoms with Gasteiger partial charge in [0.1, 0.15) is 12.6 Å². The summed E-state index contributed by atoms with van der Waals surface area (Å²) in [7, 11) is 0. The molecule has 1 aliphatic carbocycles. The van der Waals surface area contributed by atoms with Crippen molar-refractivity contribution in [2.75, 3.05) is 11.4 Å². The molecule has 4 aromatic rings. The van der Waals surface area contributed by atoms with Crippen LogP contribution in [0, 0.1) is 6.92 Å². The van der Waals surface area contributed by atoms with Gasteiger partial charge < -0.3 is 10.2 Å². The summed E-state index contributed by atoms with van der Waals surface area (Å²) in [5.41, 5.74) is 4.36. The van der Waals surface area contributed by atoms with Gasteiger partial charge in [-0.05, 0) is 54.0 Å². The predicted molar refractivity (Wildman–Crippen MR) is 162 cm³/mol. The number of amides is 3. The fraction of sp³-hybridized carbons (Fsp3) is 0.286. The molecule has 208 valence electrons. The van der Waals surface area contributed by atoms with E-state index in [4.69, 9.17) is 0 Å². The van der Waals surface area contributed by atoms with Crippen LogP contribution in [0.1, 0.15) is 52.7 Å². The Bertz CT molecular complexity index is 1590. The summed E-state index contributed by atoms with van der Waals surface area (Å²) in [4.78, 5) is 45.1. The molecule has 6 rings (SSSR count). The topological polar surface area (TPSA) is 69.7 Å². The van der Waals surface area contributed by atoms with Gasteiger partial charge in [-0.15, -0.1) is 0 Å². The number of anilines is 1. The highest BCUT2D eigenvalue weighted by Crippen LogP contribution is 2.37. The van der Waals surface area contributed by atoms with E-state index in [-0.39, 0.29) is 36.9 Å². The molecule has 0 saturated heterocycles. The lowest BCUT2D eigenvalue weighted by Gasteiger charge is -2.34. The second kappa shape index (κ2) is 11.6. The summed E-state index contributed by atoms with van der Waals surface area (Å²) in [6.45, 7) is 2.16. The molecule has 0 radical (unpaired) electrons. The summed E-state index contributed by atoms with van der Waals surface area (Å²) >= 11 is 0. The van der Waals surface area contributed by atoms with Crippen molar-refractivity contribution in [3.8, 4) is 0 Å². The van der Waals surface area contributed by atoms with Crippen molar-refractivity contribution in [1.82, 2.24) is 10.2 Å². The number of rotatable bonds is 9. The zero-order valence-electron chi connectivity index (χ0n) is 23.4. The van der Waals surface area contributed by atoms with E-state index in [0.717, 1.165) is 58.8 Å². The Kier molecular flexibility index (Phi) is 7.55. The molecule has 1 atom stereocenters. The van der Waals surface area contributed by atoms with Crippen molar-refractivity contribution in [2.45, 2.75) is 57.7 Å². The Labute approximate surface area is 241 Å². The van der Waals surface area contributed by atoms with E-state index in [1.807, 2.05) is 97.9 Å². The number of hydrogen-bond acceptors (Lipinski definition) is 3. The van der Waals surface area contributed by atoms with Gasteiger partial charge in [0.15, 0.2) is 0 Å². The van der Waals surface area contributed by atoms with Crippen molar-refractivity contribution in [1.29, 1.82) is 0 Å². The number of nitrogens with one attached hydrogen (secondary N) is 1. The molecule has 6 nitrogen and oxygen atoms in total. The molecule has 0 spiro atoms. The van der Waals surface area contributed by atoms with Crippen LogP contribution in [0.2, 0.25) is 0 Å². The lowest BCUT2D eigenvalue weighted by atomic mass is 10.0. The number of benzene rings is 4. The van der Waals surface area contributed by atoms with Crippen LogP contribution in [-0.2, 0) is 22.6 Å². The third-order valence-corrected chi connectivity index (χ3v) is 8.52. The number of aryl methyl sites for hydroxylation is 1. The Morgan fingerprint density at radius 2 is 1.61 bits per heavy atom. The van der Waals surface area contributed by atoms with Gasteiger partial charge in [0.05, 0.1) is 5.69 Å². The quantitative estimate of drug-likeness (QED) is 0.289. The highest BCUT2D eigenvalue weighted by atomic mass is 16.2. The number of nitrogens with zero attached hydrogens (tertiary/aromatic N) is 2. The van der Waals surface area contributed by atoms with Gasteiger partial charge in [0.2, 0.25) is 11.8 Å². The molecule has 1 N–H and O–H groups in total. The van der Waals surface area contributed by atoms with Crippen molar-refractivity contribution in [3.05, 3.63) is 113 Å². The van der Waals surface area contributed by atoms with Crippen LogP contribution >= 0.6 is 0 Å². The van der Waals surface area contributed by atoms with Crippen LogP contribution in [0.25, 0.3) is 10.8 Å². The lowest BCUT2D eigenvalue weighted by Crippen LogP contribution is -2.54. The van der Waals surface area contributed by atoms with E-state index in [0.29, 0.717) is 12.0 Å². The average molecular weight is 546 g/mol. The molecule has 6 heteroatoms. The van der Waals surface area contributed by atoms with Gasteiger partial charge in [0, 0.05) is 30.0 Å². The summed E-state index contributed by atoms with van der Waals surface area (Å²) in [6, 6.07) is 28.7. The highest BCUT2D eigenvalue weighted by molar-refractivity contribution is 6.26. The van der Waals surface area contributed by atoms with Crippen molar-refractivity contribution in [3.63, 3.8) is 0 Å². The first-order valence-corrected chi connectivity index (χ1v) is 14.5. The van der Waals surface area contributed by atoms with Gasteiger partial charge in [-0.3, -0.25) is 19.3 Å². The van der Waals surface area contributed by atoms with Crippen LogP contribution in [0.5, 0.6) is 0 Å². The summed E-state index contributed by atoms with van der Waals surface area (Å²) < 4.78 is 0. The molecule has 3 amide bonds. The number of hydrogen-bond donors (Lipinski definition) is 1. The van der Waals surface area contributed by atoms with E-state index in [1.54, 1.807) is 9.80 Å². The van der Waals surface area contributed by atoms with Crippen LogP contribution in [0.4, 0.5) is 5.69 Å². The highest BCUT2D eigenvalue weighted by Gasteiger charge is 2.36. The van der Waals surface area contributed by atoms with E-state index >= 15 is 0 Å². The van der Waals surface area contributed by atoms with Crippen molar-refractivity contribution in [2.24, 2.45) is 0 Å². The maximum Gasteiger partial charge on any atom is 0.259 e. The second-order valence-electron chi connectivity index (χ2n) is 11.2. The average Bonchev–Trinajstić information content (AvgIpc) is 3.60. The zero-order valence-corrected chi connectivity index (χ0v) is 23.4. The van der Waals surface area contributed by atoms with Crippen LogP contribution in [0.3, 0.4) is 0 Å². The SMILES string of the molecule is Cc1ccccc1CN(C(=O)CN1C(=O)c2cccc3cccc1c23)C(Cc1ccccc1)C(=O)NC1CCCC1. The zero-order chi connectivity index (χ0) is 28.3. The van der Waals surface area contributed by atoms with Crippen LogP contribution < -0.4 is 10.2 Å². The third kappa shape index (κ3) is 5.47. The second-order valence-corrected chi connectivity index (χ2v) is 11.2. The van der Waals surface area contributed by atoms with Gasteiger partial charge >= 0.3 is 0 Å². The van der Waals surface area contributed by atoms with E-state index in [2.05, 4.69) is 5.32 Å². The molecule has 0 aromatic heterocycles. The maximum absolute atomic E-state index is 14.4. The van der Waals surface area contributed by atoms with Crippen molar-refractivity contribution >= 4 is 34.2 Å². The van der Waals surface area contributed by atoms with Gasteiger partial charge in [-0.2, -0.15) is 0 Å². The molecular weight excluding hydrogens is 510 g/mol. The monoisotopic (exact) mass is 545 g/mol. The summed E-state index contributed by atoms with van der Waals surface area (Å²) in [5.74, 6) is -0.578. The predicted octanol–water partition coefficient (Wildman–Crippen LogP) is 5.81. The summed E-state index contributed by atoms with van der Waals surface area (Å²) in [5, 5.41) is 5.10. The molecule has 0 bridgehead atoms. The fourth-order valence-electron chi connectivity index (χ4n) is 6.25. The first-order chi connectivity index (χ1) is 20.0. The Hall–Kier alpha value is -4.45. The Morgan fingerprint density at radius 1 is 0.902 bits per heavy atom. The van der Waals surface area contributed by atoms with Crippen LogP contribution in [-0.4, -0.2) is 41.2 Å². The minimum atomic E-state index is -0.721. The Balaban J connectivity index is 1.36. The summed E-state index contributed by atoms with van der Waals surface area (Å²) in [6.07, 6.45) is 4.51. The van der Waals surface area contributed by atoms with Crippen LogP contribution in [0.15, 0.2) is 91.0 Å². The smallest absolute Gasteiger partial charge is 0.259 e. The van der Waals surface area contributed by atoms with Gasteiger partial charge in [0.25, 0.3) is 5.91 Å². The van der Waals surface area contributed by atoms with E-state index in [9.17, 15) is 14.4 Å². The molecule has 2 aliphatic rings. The molecule has 41 heavy (non-hydrogen) atoms. The number of carbonyl (C=O) groups excluding carboxylic acids is 3. The standard InChI is InChI=1S/C35H35N3O3/c1-24-11-5-6-14-27(24)22-37(31(21-25-12-3-2-4-13-25)34(40)36-28-17-7-8-18-28)32(39)23-38-30-20-10-16-26-15-9-19-29(33(26)30)35(38)41/h2-6,9-16,19-20,28,31H,7-8,17-18,21-23H2,1H3,(H,36,40). The maximum atomic E-state index is 14.4. The van der Waals surface area contributed by atoms with E-state index in [1.165, 1.54) is 0 Å². The lowest BCUT2D eigenvalue weighted by molar-refractivity contribution is -0.140. The molecule has 1 aliphatic heterocycles. The minimum Gasteiger partial charge on any atom is -0.352 e. The molecule has 1 heterocycles. The minimum absolute atomic E-state index is 0.128. The molecular formula is C35H35N3O3. The number of carbonyl (C=O) groups is 3. The van der Waals surface area contributed by atoms with Gasteiger partial charge in [-0.1, -0.05) is 91.7 Å². The van der Waals surface area contributed by atoms with E-state index < -0.39 is 6.04 Å². The first kappa shape index (κ1) is 26.8.